The number of para-hydroxylation sites is 1. The maximum atomic E-state index is 13.8. The number of carboxylic acids is 1. The lowest BCUT2D eigenvalue weighted by Crippen LogP contribution is -2.37. The monoisotopic (exact) mass is 268 g/mol. The average Bonchev–Trinajstić information content (AvgIpc) is 2.38. The Morgan fingerprint density at radius 2 is 2.05 bits per heavy atom. The van der Waals surface area contributed by atoms with Crippen LogP contribution in [0.25, 0.3) is 0 Å². The van der Waals surface area contributed by atoms with E-state index in [0.29, 0.717) is 25.9 Å². The number of hydrogen-bond donors (Lipinski definition) is 1. The lowest BCUT2D eigenvalue weighted by molar-refractivity contribution is -0.384. The highest BCUT2D eigenvalue weighted by atomic mass is 19.1. The minimum Gasteiger partial charge on any atom is -0.481 e. The molecule has 2 rings (SSSR count). The van der Waals surface area contributed by atoms with Gasteiger partial charge in [-0.05, 0) is 18.9 Å². The van der Waals surface area contributed by atoms with E-state index in [1.807, 2.05) is 0 Å². The van der Waals surface area contributed by atoms with Crippen molar-refractivity contribution in [1.29, 1.82) is 0 Å². The van der Waals surface area contributed by atoms with Crippen LogP contribution >= 0.6 is 0 Å². The van der Waals surface area contributed by atoms with Crippen LogP contribution in [0.3, 0.4) is 0 Å². The van der Waals surface area contributed by atoms with Crippen LogP contribution in [0.1, 0.15) is 12.8 Å². The molecule has 0 spiro atoms. The van der Waals surface area contributed by atoms with Crippen molar-refractivity contribution in [3.05, 3.63) is 34.1 Å². The molecular weight excluding hydrogens is 255 g/mol. The maximum Gasteiger partial charge on any atom is 0.306 e. The van der Waals surface area contributed by atoms with Crippen molar-refractivity contribution < 1.29 is 19.2 Å². The molecule has 7 heteroatoms. The average molecular weight is 268 g/mol. The van der Waals surface area contributed by atoms with Crippen LogP contribution in [0.15, 0.2) is 18.2 Å². The van der Waals surface area contributed by atoms with Crippen LogP contribution in [0.2, 0.25) is 0 Å². The number of anilines is 1. The second kappa shape index (κ2) is 5.21. The Labute approximate surface area is 108 Å². The zero-order chi connectivity index (χ0) is 14.0. The van der Waals surface area contributed by atoms with E-state index in [9.17, 15) is 19.3 Å². The summed E-state index contributed by atoms with van der Waals surface area (Å²) in [6.45, 7) is 0.609. The summed E-state index contributed by atoms with van der Waals surface area (Å²) in [5.41, 5.74) is -0.329. The third kappa shape index (κ3) is 2.64. The van der Waals surface area contributed by atoms with Gasteiger partial charge in [-0.15, -0.1) is 0 Å². The normalized spacial score (nSPS) is 16.4. The van der Waals surface area contributed by atoms with Gasteiger partial charge in [-0.3, -0.25) is 14.9 Å². The molecule has 0 saturated carbocycles. The maximum absolute atomic E-state index is 13.8. The van der Waals surface area contributed by atoms with Gasteiger partial charge in [0.2, 0.25) is 0 Å². The van der Waals surface area contributed by atoms with Gasteiger partial charge in [0.1, 0.15) is 0 Å². The Bertz CT molecular complexity index is 512. The highest BCUT2D eigenvalue weighted by Gasteiger charge is 2.29. The van der Waals surface area contributed by atoms with Gasteiger partial charge in [-0.2, -0.15) is 0 Å². The Morgan fingerprint density at radius 3 is 2.58 bits per heavy atom. The quantitative estimate of drug-likeness (QED) is 0.669. The molecule has 1 aromatic rings. The van der Waals surface area contributed by atoms with E-state index in [0.717, 1.165) is 0 Å². The first-order chi connectivity index (χ1) is 9.00. The number of rotatable bonds is 3. The third-order valence-electron chi connectivity index (χ3n) is 3.32. The molecule has 0 atom stereocenters. The zero-order valence-corrected chi connectivity index (χ0v) is 10.1. The summed E-state index contributed by atoms with van der Waals surface area (Å²) in [7, 11) is 0. The van der Waals surface area contributed by atoms with Crippen LogP contribution in [0.4, 0.5) is 15.8 Å². The van der Waals surface area contributed by atoms with Gasteiger partial charge in [0.25, 0.3) is 5.69 Å². The van der Waals surface area contributed by atoms with Gasteiger partial charge in [0, 0.05) is 19.2 Å². The van der Waals surface area contributed by atoms with E-state index in [-0.39, 0.29) is 11.4 Å². The number of nitro groups is 1. The van der Waals surface area contributed by atoms with Gasteiger partial charge in [0.05, 0.1) is 10.8 Å². The van der Waals surface area contributed by atoms with Crippen LogP contribution in [-0.2, 0) is 4.79 Å². The minimum atomic E-state index is -0.873. The second-order valence-corrected chi connectivity index (χ2v) is 4.46. The number of benzene rings is 1. The number of carboxylic acid groups (broad SMARTS) is 1. The van der Waals surface area contributed by atoms with Crippen molar-refractivity contribution in [3.8, 4) is 0 Å². The summed E-state index contributed by atoms with van der Waals surface area (Å²) in [6.07, 6.45) is 0.724. The molecule has 19 heavy (non-hydrogen) atoms. The number of aliphatic carboxylic acids is 1. The molecule has 102 valence electrons. The molecule has 0 amide bonds. The van der Waals surface area contributed by atoms with Gasteiger partial charge in [-0.1, -0.05) is 6.07 Å². The second-order valence-electron chi connectivity index (χ2n) is 4.46. The van der Waals surface area contributed by atoms with Gasteiger partial charge >= 0.3 is 5.97 Å². The molecular formula is C12H13FN2O4. The summed E-state index contributed by atoms with van der Waals surface area (Å²) in [5, 5.41) is 19.8. The van der Waals surface area contributed by atoms with E-state index >= 15 is 0 Å². The van der Waals surface area contributed by atoms with E-state index in [4.69, 9.17) is 5.11 Å². The first-order valence-corrected chi connectivity index (χ1v) is 5.91. The molecule has 6 nitrogen and oxygen atoms in total. The van der Waals surface area contributed by atoms with Crippen LogP contribution in [-0.4, -0.2) is 29.1 Å². The standard InChI is InChI=1S/C12H13FN2O4/c13-9-2-1-3-10(15(18)19)11(9)14-6-4-8(5-7-14)12(16)17/h1-3,8H,4-7H2,(H,16,17). The zero-order valence-electron chi connectivity index (χ0n) is 10.1. The van der Waals surface area contributed by atoms with Gasteiger partial charge < -0.3 is 10.0 Å². The molecule has 1 aromatic carbocycles. The molecule has 0 aliphatic carbocycles. The lowest BCUT2D eigenvalue weighted by atomic mass is 9.96. The molecule has 0 aromatic heterocycles. The van der Waals surface area contributed by atoms with Crippen LogP contribution in [0, 0.1) is 21.8 Å². The van der Waals surface area contributed by atoms with Crippen LogP contribution < -0.4 is 4.90 Å². The Morgan fingerprint density at radius 1 is 1.42 bits per heavy atom. The number of nitrogens with zero attached hydrogens (tertiary/aromatic N) is 2. The van der Waals surface area contributed by atoms with Crippen molar-refractivity contribution in [3.63, 3.8) is 0 Å². The van der Waals surface area contributed by atoms with Crippen molar-refractivity contribution in [1.82, 2.24) is 0 Å². The first-order valence-electron chi connectivity index (χ1n) is 5.91. The molecule has 1 aliphatic heterocycles. The summed E-state index contributed by atoms with van der Waals surface area (Å²) in [4.78, 5) is 22.7. The highest BCUT2D eigenvalue weighted by Crippen LogP contribution is 2.33. The highest BCUT2D eigenvalue weighted by molar-refractivity contribution is 5.71. The molecule has 1 N–H and O–H groups in total. The Hall–Kier alpha value is -2.18. The minimum absolute atomic E-state index is 0.0451. The topological polar surface area (TPSA) is 83.7 Å². The molecule has 0 radical (unpaired) electrons. The largest absolute Gasteiger partial charge is 0.481 e. The summed E-state index contributed by atoms with van der Waals surface area (Å²) >= 11 is 0. The van der Waals surface area contributed by atoms with Crippen molar-refractivity contribution in [2.45, 2.75) is 12.8 Å². The predicted molar refractivity (Wildman–Crippen MR) is 65.6 cm³/mol. The fourth-order valence-corrected chi connectivity index (χ4v) is 2.31. The first kappa shape index (κ1) is 13.3. The fourth-order valence-electron chi connectivity index (χ4n) is 2.31. The van der Waals surface area contributed by atoms with E-state index in [1.165, 1.54) is 18.2 Å². The molecule has 1 heterocycles. The lowest BCUT2D eigenvalue weighted by Gasteiger charge is -2.31. The van der Waals surface area contributed by atoms with E-state index in [2.05, 4.69) is 0 Å². The molecule has 0 unspecified atom stereocenters. The third-order valence-corrected chi connectivity index (χ3v) is 3.32. The number of piperidine rings is 1. The number of nitro benzene ring substituents is 1. The number of halogens is 1. The number of hydrogen-bond acceptors (Lipinski definition) is 4. The van der Waals surface area contributed by atoms with E-state index in [1.54, 1.807) is 4.90 Å². The molecule has 1 saturated heterocycles. The summed E-state index contributed by atoms with van der Waals surface area (Å²) < 4.78 is 13.8. The Balaban J connectivity index is 2.24. The Kier molecular flexibility index (Phi) is 3.64. The van der Waals surface area contributed by atoms with E-state index < -0.39 is 22.6 Å². The van der Waals surface area contributed by atoms with Crippen molar-refractivity contribution >= 4 is 17.3 Å². The van der Waals surface area contributed by atoms with Gasteiger partial charge in [0.15, 0.2) is 11.5 Å². The van der Waals surface area contributed by atoms with Crippen molar-refractivity contribution in [2.24, 2.45) is 5.92 Å². The molecule has 0 bridgehead atoms. The smallest absolute Gasteiger partial charge is 0.306 e. The van der Waals surface area contributed by atoms with Crippen LogP contribution in [0.5, 0.6) is 0 Å². The SMILES string of the molecule is O=C(O)C1CCN(c2c(F)cccc2[N+](=O)[O-])CC1. The summed E-state index contributed by atoms with van der Waals surface area (Å²) in [6, 6.07) is 3.72. The van der Waals surface area contributed by atoms with Crippen molar-refractivity contribution in [2.75, 3.05) is 18.0 Å². The molecule has 1 fully saturated rings. The number of carbonyl (C=O) groups is 1. The predicted octanol–water partition coefficient (Wildman–Crippen LogP) is 2.03. The molecule has 1 aliphatic rings. The fraction of sp³-hybridized carbons (Fsp3) is 0.417. The summed E-state index contributed by atoms with van der Waals surface area (Å²) in [5.74, 6) is -1.98. The van der Waals surface area contributed by atoms with Gasteiger partial charge in [-0.25, -0.2) is 4.39 Å².